The summed E-state index contributed by atoms with van der Waals surface area (Å²) in [7, 11) is 2.02. The molecule has 0 amide bonds. The fourth-order valence-corrected chi connectivity index (χ4v) is 1.59. The van der Waals surface area contributed by atoms with Gasteiger partial charge in [0.1, 0.15) is 5.82 Å². The van der Waals surface area contributed by atoms with Crippen LogP contribution in [0.25, 0.3) is 0 Å². The minimum absolute atomic E-state index is 0.622. The number of hydrogen-bond acceptors (Lipinski definition) is 2. The first kappa shape index (κ1) is 8.51. The molecule has 1 aliphatic carbocycles. The molecule has 1 heterocycles. The van der Waals surface area contributed by atoms with Crippen molar-refractivity contribution in [3.8, 4) is 0 Å². The zero-order valence-corrected chi connectivity index (χ0v) is 7.90. The highest BCUT2D eigenvalue weighted by Gasteiger charge is 2.09. The van der Waals surface area contributed by atoms with E-state index in [2.05, 4.69) is 27.0 Å². The van der Waals surface area contributed by atoms with Crippen molar-refractivity contribution in [3.63, 3.8) is 0 Å². The molecule has 0 saturated carbocycles. The molecule has 3 nitrogen and oxygen atoms in total. The molecular formula is C10H15N3. The van der Waals surface area contributed by atoms with Gasteiger partial charge in [-0.3, -0.25) is 0 Å². The summed E-state index contributed by atoms with van der Waals surface area (Å²) in [6.07, 6.45) is 10.6. The molecule has 1 aliphatic rings. The number of nitrogens with one attached hydrogen (secondary N) is 1. The van der Waals surface area contributed by atoms with Gasteiger partial charge in [-0.25, -0.2) is 4.98 Å². The molecule has 0 saturated heterocycles. The number of hydrogen-bond donors (Lipinski definition) is 1. The SMILES string of the molecule is Cn1ccnc1CNC1CC=CC1. The van der Waals surface area contributed by atoms with Crippen molar-refractivity contribution in [2.45, 2.75) is 25.4 Å². The Balaban J connectivity index is 1.82. The third-order valence-corrected chi connectivity index (χ3v) is 2.48. The van der Waals surface area contributed by atoms with Crippen LogP contribution in [0, 0.1) is 0 Å². The lowest BCUT2D eigenvalue weighted by Crippen LogP contribution is -2.26. The highest BCUT2D eigenvalue weighted by molar-refractivity contribution is 4.99. The van der Waals surface area contributed by atoms with Gasteiger partial charge in [0.25, 0.3) is 0 Å². The number of nitrogens with zero attached hydrogens (tertiary/aromatic N) is 2. The smallest absolute Gasteiger partial charge is 0.122 e. The number of imidazole rings is 1. The normalized spacial score (nSPS) is 17.0. The van der Waals surface area contributed by atoms with Crippen LogP contribution in [0.5, 0.6) is 0 Å². The molecule has 13 heavy (non-hydrogen) atoms. The standard InChI is InChI=1S/C10H15N3/c1-13-7-6-11-10(13)8-12-9-4-2-3-5-9/h2-3,6-7,9,12H,4-5,8H2,1H3. The van der Waals surface area contributed by atoms with Gasteiger partial charge in [0.2, 0.25) is 0 Å². The predicted octanol–water partition coefficient (Wildman–Crippen LogP) is 1.23. The lowest BCUT2D eigenvalue weighted by Gasteiger charge is -2.11. The van der Waals surface area contributed by atoms with Crippen LogP contribution in [-0.2, 0) is 13.6 Å². The van der Waals surface area contributed by atoms with Crippen molar-refractivity contribution in [2.75, 3.05) is 0 Å². The molecule has 0 atom stereocenters. The Morgan fingerprint density at radius 1 is 1.54 bits per heavy atom. The van der Waals surface area contributed by atoms with Crippen molar-refractivity contribution in [3.05, 3.63) is 30.4 Å². The largest absolute Gasteiger partial charge is 0.337 e. The van der Waals surface area contributed by atoms with E-state index in [1.54, 1.807) is 0 Å². The van der Waals surface area contributed by atoms with E-state index in [0.717, 1.165) is 25.2 Å². The van der Waals surface area contributed by atoms with Gasteiger partial charge in [-0.1, -0.05) is 12.2 Å². The first-order chi connectivity index (χ1) is 6.36. The average molecular weight is 177 g/mol. The molecule has 1 aromatic heterocycles. The van der Waals surface area contributed by atoms with Crippen molar-refractivity contribution in [1.29, 1.82) is 0 Å². The second-order valence-corrected chi connectivity index (χ2v) is 3.48. The van der Waals surface area contributed by atoms with Gasteiger partial charge in [-0.2, -0.15) is 0 Å². The fourth-order valence-electron chi connectivity index (χ4n) is 1.59. The topological polar surface area (TPSA) is 29.9 Å². The van der Waals surface area contributed by atoms with E-state index in [0.29, 0.717) is 6.04 Å². The summed E-state index contributed by atoms with van der Waals surface area (Å²) in [5, 5.41) is 3.48. The van der Waals surface area contributed by atoms with E-state index in [1.165, 1.54) is 0 Å². The molecule has 0 radical (unpaired) electrons. The van der Waals surface area contributed by atoms with Gasteiger partial charge in [-0.05, 0) is 12.8 Å². The Hall–Kier alpha value is -1.09. The monoisotopic (exact) mass is 177 g/mol. The summed E-state index contributed by atoms with van der Waals surface area (Å²) in [5.41, 5.74) is 0. The van der Waals surface area contributed by atoms with E-state index in [4.69, 9.17) is 0 Å². The molecule has 70 valence electrons. The number of aromatic nitrogens is 2. The van der Waals surface area contributed by atoms with E-state index < -0.39 is 0 Å². The summed E-state index contributed by atoms with van der Waals surface area (Å²) in [4.78, 5) is 4.26. The second kappa shape index (κ2) is 3.75. The Labute approximate surface area is 78.5 Å². The Morgan fingerprint density at radius 3 is 2.92 bits per heavy atom. The number of rotatable bonds is 3. The molecular weight excluding hydrogens is 162 g/mol. The first-order valence-corrected chi connectivity index (χ1v) is 4.71. The molecule has 1 N–H and O–H groups in total. The zero-order valence-electron chi connectivity index (χ0n) is 7.90. The molecule has 0 unspecified atom stereocenters. The summed E-state index contributed by atoms with van der Waals surface area (Å²) in [6.45, 7) is 0.871. The van der Waals surface area contributed by atoms with E-state index in [9.17, 15) is 0 Å². The Bertz CT molecular complexity index is 293. The summed E-state index contributed by atoms with van der Waals surface area (Å²) >= 11 is 0. The molecule has 2 rings (SSSR count). The average Bonchev–Trinajstić information content (AvgIpc) is 2.72. The molecule has 0 fully saturated rings. The van der Waals surface area contributed by atoms with Gasteiger partial charge in [0, 0.05) is 25.5 Å². The van der Waals surface area contributed by atoms with Crippen LogP contribution in [0.2, 0.25) is 0 Å². The maximum absolute atomic E-state index is 4.26. The van der Waals surface area contributed by atoms with Crippen LogP contribution in [0.3, 0.4) is 0 Å². The van der Waals surface area contributed by atoms with Crippen molar-refractivity contribution in [2.24, 2.45) is 7.05 Å². The van der Waals surface area contributed by atoms with Crippen LogP contribution >= 0.6 is 0 Å². The predicted molar refractivity (Wildman–Crippen MR) is 52.2 cm³/mol. The Kier molecular flexibility index (Phi) is 2.45. The van der Waals surface area contributed by atoms with Crippen LogP contribution in [0.15, 0.2) is 24.5 Å². The third kappa shape index (κ3) is 1.98. The molecule has 3 heteroatoms. The third-order valence-electron chi connectivity index (χ3n) is 2.48. The quantitative estimate of drug-likeness (QED) is 0.704. The van der Waals surface area contributed by atoms with Gasteiger partial charge >= 0.3 is 0 Å². The minimum Gasteiger partial charge on any atom is -0.337 e. The summed E-state index contributed by atoms with van der Waals surface area (Å²) < 4.78 is 2.05. The lowest BCUT2D eigenvalue weighted by atomic mass is 10.2. The maximum atomic E-state index is 4.26. The van der Waals surface area contributed by atoms with Gasteiger partial charge < -0.3 is 9.88 Å². The number of aryl methyl sites for hydroxylation is 1. The van der Waals surface area contributed by atoms with Crippen LogP contribution in [0.1, 0.15) is 18.7 Å². The van der Waals surface area contributed by atoms with Gasteiger partial charge in [-0.15, -0.1) is 0 Å². The first-order valence-electron chi connectivity index (χ1n) is 4.71. The van der Waals surface area contributed by atoms with Gasteiger partial charge in [0.05, 0.1) is 6.54 Å². The highest BCUT2D eigenvalue weighted by Crippen LogP contribution is 2.09. The maximum Gasteiger partial charge on any atom is 0.122 e. The lowest BCUT2D eigenvalue weighted by molar-refractivity contribution is 0.519. The molecule has 0 aliphatic heterocycles. The Morgan fingerprint density at radius 2 is 2.31 bits per heavy atom. The van der Waals surface area contributed by atoms with Crippen molar-refractivity contribution < 1.29 is 0 Å². The fraction of sp³-hybridized carbons (Fsp3) is 0.500. The van der Waals surface area contributed by atoms with Crippen LogP contribution in [-0.4, -0.2) is 15.6 Å². The van der Waals surface area contributed by atoms with E-state index in [1.807, 2.05) is 19.4 Å². The van der Waals surface area contributed by atoms with Crippen LogP contribution < -0.4 is 5.32 Å². The van der Waals surface area contributed by atoms with Crippen molar-refractivity contribution >= 4 is 0 Å². The van der Waals surface area contributed by atoms with Crippen molar-refractivity contribution in [1.82, 2.24) is 14.9 Å². The molecule has 0 aromatic carbocycles. The summed E-state index contributed by atoms with van der Waals surface area (Å²) in [5.74, 6) is 1.10. The zero-order chi connectivity index (χ0) is 9.10. The molecule has 1 aromatic rings. The molecule has 0 spiro atoms. The molecule has 0 bridgehead atoms. The van der Waals surface area contributed by atoms with Crippen LogP contribution in [0.4, 0.5) is 0 Å². The van der Waals surface area contributed by atoms with E-state index >= 15 is 0 Å². The van der Waals surface area contributed by atoms with E-state index in [-0.39, 0.29) is 0 Å². The summed E-state index contributed by atoms with van der Waals surface area (Å²) in [6, 6.07) is 0.622. The highest BCUT2D eigenvalue weighted by atomic mass is 15.1. The minimum atomic E-state index is 0.622. The van der Waals surface area contributed by atoms with Gasteiger partial charge in [0.15, 0.2) is 0 Å². The second-order valence-electron chi connectivity index (χ2n) is 3.48.